The van der Waals surface area contributed by atoms with Crippen molar-refractivity contribution in [2.45, 2.75) is 26.3 Å². The molecule has 0 saturated heterocycles. The summed E-state index contributed by atoms with van der Waals surface area (Å²) in [5.41, 5.74) is 1.67. The molecule has 1 aromatic heterocycles. The molecular formula is C14H16Cl2N2O2. The van der Waals surface area contributed by atoms with E-state index in [-0.39, 0.29) is 5.97 Å². The zero-order valence-electron chi connectivity index (χ0n) is 11.2. The van der Waals surface area contributed by atoms with Crippen LogP contribution in [0.1, 0.15) is 19.2 Å². The topological polar surface area (TPSA) is 44.1 Å². The average Bonchev–Trinajstić information content (AvgIpc) is 2.77. The van der Waals surface area contributed by atoms with Gasteiger partial charge >= 0.3 is 5.97 Å². The molecule has 1 heterocycles. The molecule has 0 aliphatic carbocycles. The predicted octanol–water partition coefficient (Wildman–Crippen LogP) is 3.42. The molecule has 0 atom stereocenters. The van der Waals surface area contributed by atoms with E-state index >= 15 is 0 Å². The van der Waals surface area contributed by atoms with Crippen LogP contribution in [0.4, 0.5) is 0 Å². The summed E-state index contributed by atoms with van der Waals surface area (Å²) in [6, 6.07) is 5.62. The number of aromatic nitrogens is 2. The van der Waals surface area contributed by atoms with E-state index in [0.29, 0.717) is 36.9 Å². The Morgan fingerprint density at radius 3 is 2.95 bits per heavy atom. The van der Waals surface area contributed by atoms with Gasteiger partial charge in [-0.1, -0.05) is 17.7 Å². The average molecular weight is 315 g/mol. The van der Waals surface area contributed by atoms with Gasteiger partial charge in [-0.3, -0.25) is 4.79 Å². The number of imidazole rings is 1. The van der Waals surface area contributed by atoms with Crippen LogP contribution in [0, 0.1) is 0 Å². The number of hydrogen-bond acceptors (Lipinski definition) is 3. The lowest BCUT2D eigenvalue weighted by Crippen LogP contribution is -2.11. The van der Waals surface area contributed by atoms with Gasteiger partial charge in [0, 0.05) is 18.8 Å². The number of halogens is 2. The fourth-order valence-electron chi connectivity index (χ4n) is 2.12. The van der Waals surface area contributed by atoms with E-state index in [1.54, 1.807) is 13.0 Å². The molecule has 0 unspecified atom stereocenters. The van der Waals surface area contributed by atoms with Gasteiger partial charge in [0.25, 0.3) is 0 Å². The number of hydrogen-bond donors (Lipinski definition) is 0. The Morgan fingerprint density at radius 2 is 2.25 bits per heavy atom. The zero-order valence-corrected chi connectivity index (χ0v) is 12.7. The third-order valence-corrected chi connectivity index (χ3v) is 3.47. The summed E-state index contributed by atoms with van der Waals surface area (Å²) < 4.78 is 6.94. The first kappa shape index (κ1) is 15.1. The Morgan fingerprint density at radius 1 is 1.45 bits per heavy atom. The quantitative estimate of drug-likeness (QED) is 0.606. The number of carbonyl (C=O) groups excluding carboxylic acids is 1. The fraction of sp³-hybridized carbons (Fsp3) is 0.429. The zero-order chi connectivity index (χ0) is 14.5. The minimum absolute atomic E-state index is 0.215. The van der Waals surface area contributed by atoms with Gasteiger partial charge in [-0.25, -0.2) is 4.98 Å². The van der Waals surface area contributed by atoms with Gasteiger partial charge in [0.15, 0.2) is 0 Å². The molecule has 0 saturated carbocycles. The predicted molar refractivity (Wildman–Crippen MR) is 80.4 cm³/mol. The Bertz CT molecular complexity index is 610. The van der Waals surface area contributed by atoms with E-state index in [1.807, 2.05) is 16.7 Å². The molecule has 6 heteroatoms. The minimum Gasteiger partial charge on any atom is -0.466 e. The number of ether oxygens (including phenoxy) is 1. The van der Waals surface area contributed by atoms with Crippen LogP contribution in [0.15, 0.2) is 18.2 Å². The smallest absolute Gasteiger partial charge is 0.307 e. The molecule has 0 aliphatic heterocycles. The molecule has 20 heavy (non-hydrogen) atoms. The van der Waals surface area contributed by atoms with Crippen molar-refractivity contribution in [1.82, 2.24) is 9.55 Å². The van der Waals surface area contributed by atoms with Crippen molar-refractivity contribution in [3.63, 3.8) is 0 Å². The third kappa shape index (κ3) is 3.25. The fourth-order valence-corrected chi connectivity index (χ4v) is 2.50. The third-order valence-electron chi connectivity index (χ3n) is 2.97. The Labute approximate surface area is 127 Å². The van der Waals surface area contributed by atoms with Crippen molar-refractivity contribution in [3.05, 3.63) is 29.0 Å². The van der Waals surface area contributed by atoms with Crippen LogP contribution in [-0.2, 0) is 22.5 Å². The van der Waals surface area contributed by atoms with Crippen molar-refractivity contribution in [2.24, 2.45) is 0 Å². The number of rotatable bonds is 6. The summed E-state index contributed by atoms with van der Waals surface area (Å²) in [6.45, 7) is 2.70. The second-order valence-corrected chi connectivity index (χ2v) is 5.07. The van der Waals surface area contributed by atoms with E-state index in [2.05, 4.69) is 4.98 Å². The van der Waals surface area contributed by atoms with E-state index in [1.165, 1.54) is 0 Å². The van der Waals surface area contributed by atoms with Crippen molar-refractivity contribution in [1.29, 1.82) is 0 Å². The van der Waals surface area contributed by atoms with Crippen molar-refractivity contribution in [2.75, 3.05) is 12.5 Å². The molecule has 2 aromatic rings. The number of fused-ring (bicyclic) bond motifs is 1. The van der Waals surface area contributed by atoms with Crippen molar-refractivity contribution >= 4 is 40.2 Å². The molecule has 0 bridgehead atoms. The van der Waals surface area contributed by atoms with Crippen LogP contribution in [0.2, 0.25) is 5.02 Å². The van der Waals surface area contributed by atoms with E-state index < -0.39 is 0 Å². The van der Waals surface area contributed by atoms with Gasteiger partial charge in [-0.15, -0.1) is 11.6 Å². The number of nitrogens with zero attached hydrogens (tertiary/aromatic N) is 2. The molecule has 0 fully saturated rings. The van der Waals surface area contributed by atoms with Gasteiger partial charge in [-0.2, -0.15) is 0 Å². The van der Waals surface area contributed by atoms with E-state index in [4.69, 9.17) is 27.9 Å². The lowest BCUT2D eigenvalue weighted by atomic mass is 10.3. The largest absolute Gasteiger partial charge is 0.466 e. The molecule has 0 aliphatic rings. The number of alkyl halides is 1. The SMILES string of the molecule is CCOC(=O)CCn1c(CCCl)nc2c(Cl)cccc21. The first-order chi connectivity index (χ1) is 9.67. The number of aryl methyl sites for hydroxylation is 2. The molecule has 2 rings (SSSR count). The number of benzene rings is 1. The molecule has 0 radical (unpaired) electrons. The van der Waals surface area contributed by atoms with Crippen LogP contribution in [0.25, 0.3) is 11.0 Å². The molecule has 0 spiro atoms. The molecule has 4 nitrogen and oxygen atoms in total. The monoisotopic (exact) mass is 314 g/mol. The highest BCUT2D eigenvalue weighted by Gasteiger charge is 2.13. The summed E-state index contributed by atoms with van der Waals surface area (Å²) in [4.78, 5) is 16.0. The van der Waals surface area contributed by atoms with Crippen LogP contribution in [0.5, 0.6) is 0 Å². The standard InChI is InChI=1S/C14H16Cl2N2O2/c1-2-20-13(19)7-9-18-11-5-3-4-10(16)14(11)17-12(18)6-8-15/h3-5H,2,6-9H2,1H3. The number of para-hydroxylation sites is 1. The molecule has 0 amide bonds. The van der Waals surface area contributed by atoms with Crippen LogP contribution in [-0.4, -0.2) is 28.0 Å². The molecule has 0 N–H and O–H groups in total. The summed E-state index contributed by atoms with van der Waals surface area (Å²) in [6.07, 6.45) is 0.941. The normalized spacial score (nSPS) is 10.9. The Kier molecular flexibility index (Phi) is 5.26. The first-order valence-corrected chi connectivity index (χ1v) is 7.43. The Balaban J connectivity index is 2.31. The summed E-state index contributed by atoms with van der Waals surface area (Å²) >= 11 is 12.0. The van der Waals surface area contributed by atoms with Gasteiger partial charge in [0.2, 0.25) is 0 Å². The highest BCUT2D eigenvalue weighted by atomic mass is 35.5. The minimum atomic E-state index is -0.215. The number of esters is 1. The summed E-state index contributed by atoms with van der Waals surface area (Å²) in [7, 11) is 0. The van der Waals surface area contributed by atoms with Gasteiger partial charge in [0.05, 0.1) is 23.6 Å². The van der Waals surface area contributed by atoms with Gasteiger partial charge in [-0.05, 0) is 19.1 Å². The maximum atomic E-state index is 11.5. The lowest BCUT2D eigenvalue weighted by molar-refractivity contribution is -0.143. The van der Waals surface area contributed by atoms with Crippen LogP contribution >= 0.6 is 23.2 Å². The lowest BCUT2D eigenvalue weighted by Gasteiger charge is -2.08. The van der Waals surface area contributed by atoms with Crippen molar-refractivity contribution in [3.8, 4) is 0 Å². The second-order valence-electron chi connectivity index (χ2n) is 4.28. The molecule has 1 aromatic carbocycles. The molecular weight excluding hydrogens is 299 g/mol. The molecule has 108 valence electrons. The maximum absolute atomic E-state index is 11.5. The first-order valence-electron chi connectivity index (χ1n) is 6.52. The van der Waals surface area contributed by atoms with Crippen molar-refractivity contribution < 1.29 is 9.53 Å². The van der Waals surface area contributed by atoms with E-state index in [0.717, 1.165) is 16.9 Å². The maximum Gasteiger partial charge on any atom is 0.307 e. The second kappa shape index (κ2) is 6.95. The van der Waals surface area contributed by atoms with E-state index in [9.17, 15) is 4.79 Å². The highest BCUT2D eigenvalue weighted by Crippen LogP contribution is 2.24. The number of carbonyl (C=O) groups is 1. The summed E-state index contributed by atoms with van der Waals surface area (Å²) in [5.74, 6) is 1.10. The van der Waals surface area contributed by atoms with Crippen LogP contribution < -0.4 is 0 Å². The summed E-state index contributed by atoms with van der Waals surface area (Å²) in [5, 5.41) is 0.605. The van der Waals surface area contributed by atoms with Gasteiger partial charge < -0.3 is 9.30 Å². The highest BCUT2D eigenvalue weighted by molar-refractivity contribution is 6.34. The van der Waals surface area contributed by atoms with Crippen LogP contribution in [0.3, 0.4) is 0 Å². The van der Waals surface area contributed by atoms with Gasteiger partial charge in [0.1, 0.15) is 11.3 Å². The Hall–Kier alpha value is -1.26.